The van der Waals surface area contributed by atoms with Crippen molar-refractivity contribution in [2.24, 2.45) is 11.7 Å². The van der Waals surface area contributed by atoms with Crippen molar-refractivity contribution < 1.29 is 4.92 Å². The molecule has 1 aromatic carbocycles. The Balaban J connectivity index is 1.86. The van der Waals surface area contributed by atoms with E-state index >= 15 is 0 Å². The summed E-state index contributed by atoms with van der Waals surface area (Å²) < 4.78 is 0. The third-order valence-corrected chi connectivity index (χ3v) is 3.14. The van der Waals surface area contributed by atoms with E-state index < -0.39 is 0 Å². The minimum absolute atomic E-state index is 0.148. The molecule has 0 aliphatic heterocycles. The highest BCUT2D eigenvalue weighted by Gasteiger charge is 2.27. The molecule has 2 rings (SSSR count). The van der Waals surface area contributed by atoms with Crippen molar-refractivity contribution in [1.29, 1.82) is 0 Å². The zero-order valence-corrected chi connectivity index (χ0v) is 9.13. The Bertz CT molecular complexity index is 371. The maximum absolute atomic E-state index is 10.5. The molecular formula is C12H16N2O2. The standard InChI is InChI=1S/C12H16N2O2/c13-12(10-4-5-10)8-3-9-1-6-11(7-2-9)14(15)16/h1-2,6-7,10,12H,3-5,8,13H2. The van der Waals surface area contributed by atoms with Crippen LogP contribution in [0.25, 0.3) is 0 Å². The van der Waals surface area contributed by atoms with Gasteiger partial charge in [0.1, 0.15) is 0 Å². The van der Waals surface area contributed by atoms with Crippen LogP contribution in [0.5, 0.6) is 0 Å². The Hall–Kier alpha value is -1.42. The van der Waals surface area contributed by atoms with E-state index in [1.165, 1.54) is 12.8 Å². The van der Waals surface area contributed by atoms with Crippen molar-refractivity contribution in [3.05, 3.63) is 39.9 Å². The topological polar surface area (TPSA) is 69.2 Å². The fraction of sp³-hybridized carbons (Fsp3) is 0.500. The van der Waals surface area contributed by atoms with Gasteiger partial charge in [0, 0.05) is 18.2 Å². The minimum atomic E-state index is -0.375. The molecule has 0 radical (unpaired) electrons. The Morgan fingerprint density at radius 3 is 2.50 bits per heavy atom. The van der Waals surface area contributed by atoms with Gasteiger partial charge in [0.25, 0.3) is 5.69 Å². The van der Waals surface area contributed by atoms with Crippen LogP contribution in [-0.4, -0.2) is 11.0 Å². The highest BCUT2D eigenvalue weighted by atomic mass is 16.6. The van der Waals surface area contributed by atoms with E-state index in [9.17, 15) is 10.1 Å². The zero-order valence-electron chi connectivity index (χ0n) is 9.13. The first kappa shape index (κ1) is 11.1. The summed E-state index contributed by atoms with van der Waals surface area (Å²) in [5.74, 6) is 0.720. The number of aryl methyl sites for hydroxylation is 1. The molecule has 1 aliphatic rings. The van der Waals surface area contributed by atoms with Gasteiger partial charge in [0.05, 0.1) is 4.92 Å². The highest BCUT2D eigenvalue weighted by molar-refractivity contribution is 5.32. The van der Waals surface area contributed by atoms with Crippen LogP contribution in [-0.2, 0) is 6.42 Å². The summed E-state index contributed by atoms with van der Waals surface area (Å²) in [4.78, 5) is 10.1. The van der Waals surface area contributed by atoms with E-state index in [1.54, 1.807) is 12.1 Å². The van der Waals surface area contributed by atoms with Gasteiger partial charge in [-0.2, -0.15) is 0 Å². The molecule has 2 N–H and O–H groups in total. The quantitative estimate of drug-likeness (QED) is 0.611. The number of hydrogen-bond acceptors (Lipinski definition) is 3. The molecule has 1 saturated carbocycles. The second-order valence-corrected chi connectivity index (χ2v) is 4.46. The average Bonchev–Trinajstić information content (AvgIpc) is 3.10. The smallest absolute Gasteiger partial charge is 0.269 e. The second kappa shape index (κ2) is 4.61. The number of non-ortho nitro benzene ring substituents is 1. The normalized spacial score (nSPS) is 17.1. The van der Waals surface area contributed by atoms with Crippen LogP contribution in [0.2, 0.25) is 0 Å². The van der Waals surface area contributed by atoms with Crippen molar-refractivity contribution in [1.82, 2.24) is 0 Å². The molecule has 0 spiro atoms. The maximum Gasteiger partial charge on any atom is 0.269 e. The van der Waals surface area contributed by atoms with Crippen molar-refractivity contribution in [2.45, 2.75) is 31.7 Å². The van der Waals surface area contributed by atoms with Gasteiger partial charge in [-0.25, -0.2) is 0 Å². The first-order valence-corrected chi connectivity index (χ1v) is 5.66. The molecule has 16 heavy (non-hydrogen) atoms. The molecule has 1 aliphatic carbocycles. The lowest BCUT2D eigenvalue weighted by Crippen LogP contribution is -2.22. The summed E-state index contributed by atoms with van der Waals surface area (Å²) in [5, 5.41) is 10.5. The van der Waals surface area contributed by atoms with Crippen LogP contribution in [0.4, 0.5) is 5.69 Å². The molecule has 0 saturated heterocycles. The number of nitrogens with two attached hydrogens (primary N) is 1. The van der Waals surface area contributed by atoms with E-state index in [2.05, 4.69) is 0 Å². The Labute approximate surface area is 94.6 Å². The van der Waals surface area contributed by atoms with Crippen molar-refractivity contribution in [3.8, 4) is 0 Å². The van der Waals surface area contributed by atoms with E-state index in [1.807, 2.05) is 12.1 Å². The minimum Gasteiger partial charge on any atom is -0.327 e. The van der Waals surface area contributed by atoms with E-state index in [4.69, 9.17) is 5.73 Å². The van der Waals surface area contributed by atoms with Crippen LogP contribution < -0.4 is 5.73 Å². The Morgan fingerprint density at radius 2 is 2.00 bits per heavy atom. The SMILES string of the molecule is NC(CCc1ccc([N+](=O)[O-])cc1)C1CC1. The van der Waals surface area contributed by atoms with Gasteiger partial charge in [0.2, 0.25) is 0 Å². The maximum atomic E-state index is 10.5. The molecule has 1 unspecified atom stereocenters. The molecule has 1 fully saturated rings. The predicted octanol–water partition coefficient (Wildman–Crippen LogP) is 2.26. The number of nitro groups is 1. The Kier molecular flexibility index (Phi) is 3.19. The van der Waals surface area contributed by atoms with E-state index in [0.717, 1.165) is 24.3 Å². The van der Waals surface area contributed by atoms with Crippen LogP contribution in [0.1, 0.15) is 24.8 Å². The van der Waals surface area contributed by atoms with Crippen molar-refractivity contribution in [3.63, 3.8) is 0 Å². The van der Waals surface area contributed by atoms with E-state index in [-0.39, 0.29) is 10.6 Å². The lowest BCUT2D eigenvalue weighted by molar-refractivity contribution is -0.384. The molecular weight excluding hydrogens is 204 g/mol. The molecule has 86 valence electrons. The molecule has 1 aromatic rings. The molecule has 1 atom stereocenters. The summed E-state index contributed by atoms with van der Waals surface area (Å²) in [5.41, 5.74) is 7.27. The van der Waals surface area contributed by atoms with Crippen LogP contribution >= 0.6 is 0 Å². The highest BCUT2D eigenvalue weighted by Crippen LogP contribution is 2.33. The Morgan fingerprint density at radius 1 is 1.38 bits per heavy atom. The predicted molar refractivity (Wildman–Crippen MR) is 62.1 cm³/mol. The lowest BCUT2D eigenvalue weighted by atomic mass is 10.0. The number of nitrogens with zero attached hydrogens (tertiary/aromatic N) is 1. The largest absolute Gasteiger partial charge is 0.327 e. The van der Waals surface area contributed by atoms with Gasteiger partial charge in [-0.3, -0.25) is 10.1 Å². The fourth-order valence-corrected chi connectivity index (χ4v) is 1.88. The van der Waals surface area contributed by atoms with Crippen LogP contribution in [0, 0.1) is 16.0 Å². The number of nitro benzene ring substituents is 1. The average molecular weight is 220 g/mol. The van der Waals surface area contributed by atoms with Crippen LogP contribution in [0.3, 0.4) is 0 Å². The molecule has 0 bridgehead atoms. The lowest BCUT2D eigenvalue weighted by Gasteiger charge is -2.09. The molecule has 0 amide bonds. The first-order valence-electron chi connectivity index (χ1n) is 5.66. The van der Waals surface area contributed by atoms with Gasteiger partial charge in [-0.05, 0) is 37.2 Å². The summed E-state index contributed by atoms with van der Waals surface area (Å²) in [6.45, 7) is 0. The van der Waals surface area contributed by atoms with Crippen molar-refractivity contribution >= 4 is 5.69 Å². The monoisotopic (exact) mass is 220 g/mol. The van der Waals surface area contributed by atoms with Gasteiger partial charge in [-0.15, -0.1) is 0 Å². The molecule has 4 heteroatoms. The summed E-state index contributed by atoms with van der Waals surface area (Å²) in [7, 11) is 0. The number of rotatable bonds is 5. The third kappa shape index (κ3) is 2.79. The first-order chi connectivity index (χ1) is 7.66. The van der Waals surface area contributed by atoms with Gasteiger partial charge >= 0.3 is 0 Å². The fourth-order valence-electron chi connectivity index (χ4n) is 1.88. The molecule has 4 nitrogen and oxygen atoms in total. The zero-order chi connectivity index (χ0) is 11.5. The second-order valence-electron chi connectivity index (χ2n) is 4.46. The third-order valence-electron chi connectivity index (χ3n) is 3.14. The van der Waals surface area contributed by atoms with E-state index in [0.29, 0.717) is 6.04 Å². The van der Waals surface area contributed by atoms with Gasteiger partial charge in [0.15, 0.2) is 0 Å². The summed E-state index contributed by atoms with van der Waals surface area (Å²) >= 11 is 0. The molecule has 0 heterocycles. The number of hydrogen-bond donors (Lipinski definition) is 1. The summed E-state index contributed by atoms with van der Waals surface area (Å²) in [6, 6.07) is 7.04. The van der Waals surface area contributed by atoms with Crippen molar-refractivity contribution in [2.75, 3.05) is 0 Å². The van der Waals surface area contributed by atoms with Crippen LogP contribution in [0.15, 0.2) is 24.3 Å². The summed E-state index contributed by atoms with van der Waals surface area (Å²) in [6.07, 6.45) is 4.42. The number of benzene rings is 1. The van der Waals surface area contributed by atoms with Gasteiger partial charge in [-0.1, -0.05) is 12.1 Å². The molecule has 0 aromatic heterocycles. The van der Waals surface area contributed by atoms with Gasteiger partial charge < -0.3 is 5.73 Å².